The molecule has 0 saturated carbocycles. The second-order valence-electron chi connectivity index (χ2n) is 8.33. The first-order chi connectivity index (χ1) is 17.9. The van der Waals surface area contributed by atoms with Crippen molar-refractivity contribution in [3.05, 3.63) is 83.6 Å². The second-order valence-corrected chi connectivity index (χ2v) is 8.33. The van der Waals surface area contributed by atoms with Crippen LogP contribution in [0, 0.1) is 19.7 Å². The lowest BCUT2D eigenvalue weighted by atomic mass is 10.0. The summed E-state index contributed by atoms with van der Waals surface area (Å²) in [6.07, 6.45) is 3.16. The number of ether oxygens (including phenoxy) is 2. The number of fused-ring (bicyclic) bond motifs is 1. The van der Waals surface area contributed by atoms with Gasteiger partial charge in [-0.2, -0.15) is 0 Å². The molecule has 0 radical (unpaired) electrons. The Labute approximate surface area is 211 Å². The third-order valence-corrected chi connectivity index (χ3v) is 5.82. The fourth-order valence-corrected chi connectivity index (χ4v) is 4.00. The number of rotatable bonds is 6. The quantitative estimate of drug-likeness (QED) is 0.356. The second kappa shape index (κ2) is 9.65. The highest BCUT2D eigenvalue weighted by Gasteiger charge is 2.22. The van der Waals surface area contributed by atoms with Crippen LogP contribution in [0.1, 0.15) is 21.6 Å². The number of aryl methyl sites for hydroxylation is 2. The minimum Gasteiger partial charge on any atom is -0.493 e. The fourth-order valence-electron chi connectivity index (χ4n) is 4.00. The number of carbonyl (C=O) groups excluding carboxylic acids is 1. The number of nitrogens with zero attached hydrogens (tertiary/aromatic N) is 5. The first-order valence-electron chi connectivity index (χ1n) is 11.4. The maximum atomic E-state index is 14.1. The molecule has 0 spiro atoms. The Morgan fingerprint density at radius 2 is 1.76 bits per heavy atom. The predicted molar refractivity (Wildman–Crippen MR) is 136 cm³/mol. The van der Waals surface area contributed by atoms with Crippen molar-refractivity contribution >= 4 is 17.4 Å². The molecule has 0 aliphatic carbocycles. The summed E-state index contributed by atoms with van der Waals surface area (Å²) in [6, 6.07) is 13.3. The number of nitrogens with one attached hydrogen (secondary N) is 1. The van der Waals surface area contributed by atoms with Gasteiger partial charge >= 0.3 is 0 Å². The summed E-state index contributed by atoms with van der Waals surface area (Å²) >= 11 is 0. The maximum absolute atomic E-state index is 14.1. The Kier molecular flexibility index (Phi) is 6.22. The van der Waals surface area contributed by atoms with E-state index in [0.717, 1.165) is 5.69 Å². The zero-order chi connectivity index (χ0) is 26.1. The summed E-state index contributed by atoms with van der Waals surface area (Å²) in [5, 5.41) is 7.41. The zero-order valence-electron chi connectivity index (χ0n) is 20.6. The molecule has 0 unspecified atom stereocenters. The van der Waals surface area contributed by atoms with E-state index >= 15 is 0 Å². The number of methoxy groups -OCH3 is 2. The predicted octanol–water partition coefficient (Wildman–Crippen LogP) is 4.88. The van der Waals surface area contributed by atoms with Crippen LogP contribution in [0.4, 0.5) is 10.2 Å². The fraction of sp³-hybridized carbons (Fsp3) is 0.148. The molecule has 0 fully saturated rings. The molecule has 0 saturated heterocycles. The normalized spacial score (nSPS) is 10.9. The van der Waals surface area contributed by atoms with Crippen molar-refractivity contribution in [3.63, 3.8) is 0 Å². The molecule has 0 aliphatic rings. The largest absolute Gasteiger partial charge is 0.493 e. The van der Waals surface area contributed by atoms with E-state index in [4.69, 9.17) is 14.5 Å². The van der Waals surface area contributed by atoms with E-state index in [1.165, 1.54) is 20.3 Å². The van der Waals surface area contributed by atoms with Gasteiger partial charge in [-0.25, -0.2) is 18.9 Å². The highest BCUT2D eigenvalue weighted by Crippen LogP contribution is 2.37. The van der Waals surface area contributed by atoms with Crippen LogP contribution in [0.15, 0.2) is 60.9 Å². The van der Waals surface area contributed by atoms with Gasteiger partial charge in [-0.3, -0.25) is 9.78 Å². The molecule has 0 aliphatic heterocycles. The van der Waals surface area contributed by atoms with E-state index in [-0.39, 0.29) is 11.7 Å². The van der Waals surface area contributed by atoms with Gasteiger partial charge in [-0.1, -0.05) is 0 Å². The summed E-state index contributed by atoms with van der Waals surface area (Å²) in [7, 11) is 3.04. The number of imidazole rings is 1. The number of hydrogen-bond donors (Lipinski definition) is 1. The van der Waals surface area contributed by atoms with Gasteiger partial charge in [-0.05, 0) is 61.9 Å². The topological polar surface area (TPSA) is 104 Å². The molecule has 186 valence electrons. The molecule has 9 nitrogen and oxygen atoms in total. The van der Waals surface area contributed by atoms with Crippen LogP contribution in [0.25, 0.3) is 28.2 Å². The van der Waals surface area contributed by atoms with Gasteiger partial charge in [0.1, 0.15) is 17.3 Å². The van der Waals surface area contributed by atoms with Crippen LogP contribution >= 0.6 is 0 Å². The number of pyridine rings is 2. The number of amides is 1. The van der Waals surface area contributed by atoms with Crippen molar-refractivity contribution in [2.45, 2.75) is 13.8 Å². The van der Waals surface area contributed by atoms with E-state index in [9.17, 15) is 9.18 Å². The minimum atomic E-state index is -0.316. The number of carbonyl (C=O) groups is 1. The Hall–Kier alpha value is -4.86. The van der Waals surface area contributed by atoms with Crippen LogP contribution < -0.4 is 14.8 Å². The van der Waals surface area contributed by atoms with Gasteiger partial charge in [0.25, 0.3) is 5.91 Å². The van der Waals surface area contributed by atoms with E-state index < -0.39 is 0 Å². The molecule has 4 aromatic heterocycles. The van der Waals surface area contributed by atoms with Crippen molar-refractivity contribution in [1.82, 2.24) is 24.6 Å². The van der Waals surface area contributed by atoms with Crippen molar-refractivity contribution in [3.8, 4) is 34.1 Å². The van der Waals surface area contributed by atoms with Crippen LogP contribution in [-0.4, -0.2) is 44.7 Å². The molecule has 1 amide bonds. The first-order valence-corrected chi connectivity index (χ1v) is 11.4. The van der Waals surface area contributed by atoms with Crippen molar-refractivity contribution in [1.29, 1.82) is 0 Å². The minimum absolute atomic E-state index is 0.313. The Bertz CT molecular complexity index is 1650. The number of anilines is 1. The molecule has 0 bridgehead atoms. The van der Waals surface area contributed by atoms with Gasteiger partial charge in [0.15, 0.2) is 11.4 Å². The van der Waals surface area contributed by atoms with E-state index in [0.29, 0.717) is 56.7 Å². The molecule has 10 heteroatoms. The van der Waals surface area contributed by atoms with Gasteiger partial charge in [0.2, 0.25) is 5.88 Å². The molecule has 1 N–H and O–H groups in total. The summed E-state index contributed by atoms with van der Waals surface area (Å²) in [5.41, 5.74) is 4.63. The lowest BCUT2D eigenvalue weighted by Gasteiger charge is -2.10. The molecule has 37 heavy (non-hydrogen) atoms. The van der Waals surface area contributed by atoms with Crippen molar-refractivity contribution in [2.24, 2.45) is 0 Å². The number of benzene rings is 1. The van der Waals surface area contributed by atoms with Gasteiger partial charge in [0.05, 0.1) is 19.9 Å². The average Bonchev–Trinajstić information content (AvgIpc) is 3.29. The van der Waals surface area contributed by atoms with Crippen LogP contribution in [0.5, 0.6) is 11.6 Å². The molecule has 5 aromatic rings. The average molecular weight is 499 g/mol. The molecular weight excluding hydrogens is 475 g/mol. The summed E-state index contributed by atoms with van der Waals surface area (Å²) in [6.45, 7) is 3.51. The molecule has 0 atom stereocenters. The lowest BCUT2D eigenvalue weighted by molar-refractivity contribution is 0.102. The molecule has 5 rings (SSSR count). The highest BCUT2D eigenvalue weighted by molar-refractivity contribution is 6.04. The van der Waals surface area contributed by atoms with E-state index in [1.54, 1.807) is 66.3 Å². The zero-order valence-corrected chi connectivity index (χ0v) is 20.6. The number of halogens is 1. The monoisotopic (exact) mass is 498 g/mol. The highest BCUT2D eigenvalue weighted by atomic mass is 19.1. The summed E-state index contributed by atoms with van der Waals surface area (Å²) in [5.74, 6) is 0.480. The van der Waals surface area contributed by atoms with E-state index in [2.05, 4.69) is 20.4 Å². The number of aromatic nitrogens is 5. The van der Waals surface area contributed by atoms with Crippen molar-refractivity contribution in [2.75, 3.05) is 19.5 Å². The van der Waals surface area contributed by atoms with Crippen LogP contribution in [0.3, 0.4) is 0 Å². The van der Waals surface area contributed by atoms with Crippen molar-refractivity contribution < 1.29 is 18.7 Å². The third-order valence-electron chi connectivity index (χ3n) is 5.82. The summed E-state index contributed by atoms with van der Waals surface area (Å²) < 4.78 is 26.6. The standard InChI is InChI=1S/C27H23FN6O3/c1-15-11-17(5-6-20(15)28)24-25(34-26(32-24)21(36-3)14-23(33-34)37-4)18-7-10-30-22(13-18)31-27(35)19-8-9-29-16(2)12-19/h5-14H,1-4H3,(H,30,31,35). The van der Waals surface area contributed by atoms with Gasteiger partial charge in [0, 0.05) is 40.8 Å². The molecule has 1 aromatic carbocycles. The summed E-state index contributed by atoms with van der Waals surface area (Å²) in [4.78, 5) is 26.1. The Balaban J connectivity index is 1.68. The van der Waals surface area contributed by atoms with Gasteiger partial charge < -0.3 is 14.8 Å². The Morgan fingerprint density at radius 3 is 2.49 bits per heavy atom. The smallest absolute Gasteiger partial charge is 0.256 e. The van der Waals surface area contributed by atoms with Crippen LogP contribution in [0.2, 0.25) is 0 Å². The SMILES string of the molecule is COc1cc(OC)c2nc(-c3ccc(F)c(C)c3)c(-c3ccnc(NC(=O)c4ccnc(C)c4)c3)n2n1. The Morgan fingerprint density at radius 1 is 0.946 bits per heavy atom. The van der Waals surface area contributed by atoms with E-state index in [1.807, 2.05) is 6.92 Å². The molecular formula is C27H23FN6O3. The number of hydrogen-bond acceptors (Lipinski definition) is 7. The van der Waals surface area contributed by atoms with Crippen LogP contribution in [-0.2, 0) is 0 Å². The molecule has 4 heterocycles. The first kappa shape index (κ1) is 23.9. The lowest BCUT2D eigenvalue weighted by Crippen LogP contribution is -2.13. The maximum Gasteiger partial charge on any atom is 0.256 e. The van der Waals surface area contributed by atoms with Gasteiger partial charge in [-0.15, -0.1) is 5.10 Å². The third kappa shape index (κ3) is 4.56.